The fourth-order valence-corrected chi connectivity index (χ4v) is 1.84. The van der Waals surface area contributed by atoms with Crippen molar-refractivity contribution in [1.82, 2.24) is 4.98 Å². The van der Waals surface area contributed by atoms with Gasteiger partial charge in [0.25, 0.3) is 0 Å². The molecule has 0 saturated heterocycles. The number of nitrogens with zero attached hydrogens (tertiary/aromatic N) is 1. The van der Waals surface area contributed by atoms with Crippen LogP contribution in [0.25, 0.3) is 0 Å². The maximum atomic E-state index is 11.8. The maximum Gasteiger partial charge on any atom is 0.313 e. The Balaban J connectivity index is 2.89. The van der Waals surface area contributed by atoms with E-state index < -0.39 is 0 Å². The molecule has 0 aromatic carbocycles. The van der Waals surface area contributed by atoms with Gasteiger partial charge < -0.3 is 9.47 Å². The number of hydrogen-bond donors (Lipinski definition) is 0. The first-order valence-corrected chi connectivity index (χ1v) is 6.38. The maximum absolute atomic E-state index is 11.8. The highest BCUT2D eigenvalue weighted by atomic mass is 16.5. The Morgan fingerprint density at radius 2 is 2.17 bits per heavy atom. The predicted octanol–water partition coefficient (Wildman–Crippen LogP) is 2.93. The molecule has 1 rings (SSSR count). The highest BCUT2D eigenvalue weighted by Crippen LogP contribution is 2.25. The van der Waals surface area contributed by atoms with Crippen LogP contribution in [-0.2, 0) is 9.53 Å². The first-order valence-electron chi connectivity index (χ1n) is 6.38. The van der Waals surface area contributed by atoms with E-state index in [-0.39, 0.29) is 11.9 Å². The molecule has 1 aromatic heterocycles. The average molecular weight is 251 g/mol. The van der Waals surface area contributed by atoms with Gasteiger partial charge in [0.15, 0.2) is 0 Å². The topological polar surface area (TPSA) is 48.4 Å². The quantitative estimate of drug-likeness (QED) is 0.699. The van der Waals surface area contributed by atoms with Crippen molar-refractivity contribution in [2.24, 2.45) is 0 Å². The van der Waals surface area contributed by atoms with Crippen molar-refractivity contribution in [3.63, 3.8) is 0 Å². The summed E-state index contributed by atoms with van der Waals surface area (Å²) in [4.78, 5) is 15.9. The second-order valence-electron chi connectivity index (χ2n) is 4.10. The minimum atomic E-state index is -0.247. The summed E-state index contributed by atoms with van der Waals surface area (Å²) in [6.07, 6.45) is 6.17. The van der Waals surface area contributed by atoms with Gasteiger partial charge in [0.2, 0.25) is 0 Å². The van der Waals surface area contributed by atoms with Crippen LogP contribution in [0.5, 0.6) is 5.75 Å². The molecule has 1 aromatic rings. The molecule has 1 heterocycles. The molecule has 1 atom stereocenters. The molecule has 1 unspecified atom stereocenters. The molecule has 4 nitrogen and oxygen atoms in total. The fraction of sp³-hybridized carbons (Fsp3) is 0.571. The van der Waals surface area contributed by atoms with Crippen molar-refractivity contribution in [2.45, 2.75) is 39.0 Å². The van der Waals surface area contributed by atoms with E-state index in [1.165, 1.54) is 7.11 Å². The number of carbonyl (C=O) groups excluding carboxylic acids is 1. The van der Waals surface area contributed by atoms with Crippen LogP contribution in [0.4, 0.5) is 0 Å². The molecular formula is C14H21NO3. The van der Waals surface area contributed by atoms with Gasteiger partial charge in [-0.2, -0.15) is 0 Å². The standard InChI is InChI=1S/C14H21NO3/c1-4-6-7-13(14(16)17-3)11-8-12(18-5-2)10-15-9-11/h8-10,13H,4-7H2,1-3H3. The van der Waals surface area contributed by atoms with Crippen LogP contribution in [0.3, 0.4) is 0 Å². The van der Waals surface area contributed by atoms with Gasteiger partial charge in [-0.3, -0.25) is 9.78 Å². The van der Waals surface area contributed by atoms with Gasteiger partial charge in [0, 0.05) is 6.20 Å². The van der Waals surface area contributed by atoms with Crippen LogP contribution < -0.4 is 4.74 Å². The Hall–Kier alpha value is -1.58. The zero-order chi connectivity index (χ0) is 13.4. The smallest absolute Gasteiger partial charge is 0.313 e. The number of hydrogen-bond acceptors (Lipinski definition) is 4. The molecule has 100 valence electrons. The molecule has 0 saturated carbocycles. The zero-order valence-electron chi connectivity index (χ0n) is 11.3. The normalized spacial score (nSPS) is 11.9. The summed E-state index contributed by atoms with van der Waals surface area (Å²) in [5.41, 5.74) is 0.862. The summed E-state index contributed by atoms with van der Waals surface area (Å²) >= 11 is 0. The first kappa shape index (κ1) is 14.5. The number of carbonyl (C=O) groups is 1. The monoisotopic (exact) mass is 251 g/mol. The van der Waals surface area contributed by atoms with Crippen molar-refractivity contribution in [1.29, 1.82) is 0 Å². The van der Waals surface area contributed by atoms with Gasteiger partial charge in [0.05, 0.1) is 25.8 Å². The third kappa shape index (κ3) is 4.02. The lowest BCUT2D eigenvalue weighted by atomic mass is 9.95. The first-order chi connectivity index (χ1) is 8.72. The van der Waals surface area contributed by atoms with Crippen LogP contribution in [0.2, 0.25) is 0 Å². The number of pyridine rings is 1. The molecule has 4 heteroatoms. The van der Waals surface area contributed by atoms with Gasteiger partial charge in [-0.05, 0) is 25.0 Å². The predicted molar refractivity (Wildman–Crippen MR) is 69.7 cm³/mol. The van der Waals surface area contributed by atoms with E-state index in [2.05, 4.69) is 11.9 Å². The van der Waals surface area contributed by atoms with Gasteiger partial charge in [-0.25, -0.2) is 0 Å². The second-order valence-corrected chi connectivity index (χ2v) is 4.10. The van der Waals surface area contributed by atoms with Crippen molar-refractivity contribution in [2.75, 3.05) is 13.7 Å². The molecule has 0 aliphatic rings. The zero-order valence-corrected chi connectivity index (χ0v) is 11.3. The van der Waals surface area contributed by atoms with Crippen molar-refractivity contribution in [3.05, 3.63) is 24.0 Å². The SMILES string of the molecule is CCCCC(C(=O)OC)c1cncc(OCC)c1. The minimum Gasteiger partial charge on any atom is -0.492 e. The van der Waals surface area contributed by atoms with Crippen LogP contribution in [0, 0.1) is 0 Å². The Bertz CT molecular complexity index is 379. The number of aromatic nitrogens is 1. The third-order valence-corrected chi connectivity index (χ3v) is 2.78. The molecule has 0 fully saturated rings. The third-order valence-electron chi connectivity index (χ3n) is 2.78. The molecule has 0 aliphatic carbocycles. The van der Waals surface area contributed by atoms with E-state index in [0.717, 1.165) is 24.8 Å². The largest absolute Gasteiger partial charge is 0.492 e. The lowest BCUT2D eigenvalue weighted by Gasteiger charge is -2.15. The highest BCUT2D eigenvalue weighted by Gasteiger charge is 2.21. The molecule has 0 bridgehead atoms. The second kappa shape index (κ2) is 7.69. The van der Waals surface area contributed by atoms with E-state index in [9.17, 15) is 4.79 Å². The Morgan fingerprint density at radius 3 is 2.78 bits per heavy atom. The summed E-state index contributed by atoms with van der Waals surface area (Å²) in [6.45, 7) is 4.60. The van der Waals surface area contributed by atoms with Gasteiger partial charge >= 0.3 is 5.97 Å². The van der Waals surface area contributed by atoms with E-state index in [4.69, 9.17) is 9.47 Å². The van der Waals surface area contributed by atoms with Crippen molar-refractivity contribution < 1.29 is 14.3 Å². The van der Waals surface area contributed by atoms with Crippen molar-refractivity contribution in [3.8, 4) is 5.75 Å². The molecule has 0 aliphatic heterocycles. The van der Waals surface area contributed by atoms with Crippen LogP contribution in [0.1, 0.15) is 44.6 Å². The summed E-state index contributed by atoms with van der Waals surface area (Å²) in [5.74, 6) is 0.238. The highest BCUT2D eigenvalue weighted by molar-refractivity contribution is 5.78. The molecule has 0 radical (unpaired) electrons. The number of rotatable bonds is 7. The van der Waals surface area contributed by atoms with Crippen LogP contribution in [0.15, 0.2) is 18.5 Å². The summed E-state index contributed by atoms with van der Waals surface area (Å²) in [7, 11) is 1.42. The summed E-state index contributed by atoms with van der Waals surface area (Å²) in [5, 5.41) is 0. The Kier molecular flexibility index (Phi) is 6.19. The van der Waals surface area contributed by atoms with E-state index in [0.29, 0.717) is 12.4 Å². The minimum absolute atomic E-state index is 0.209. The van der Waals surface area contributed by atoms with Gasteiger partial charge in [-0.1, -0.05) is 19.8 Å². The lowest BCUT2D eigenvalue weighted by molar-refractivity contribution is -0.142. The molecule has 0 amide bonds. The summed E-state index contributed by atoms with van der Waals surface area (Å²) < 4.78 is 10.3. The number of esters is 1. The van der Waals surface area contributed by atoms with Gasteiger partial charge in [-0.15, -0.1) is 0 Å². The van der Waals surface area contributed by atoms with Crippen LogP contribution in [-0.4, -0.2) is 24.7 Å². The number of unbranched alkanes of at least 4 members (excludes halogenated alkanes) is 1. The number of methoxy groups -OCH3 is 1. The molecular weight excluding hydrogens is 230 g/mol. The molecule has 18 heavy (non-hydrogen) atoms. The van der Waals surface area contributed by atoms with E-state index in [1.807, 2.05) is 13.0 Å². The molecule has 0 spiro atoms. The fourth-order valence-electron chi connectivity index (χ4n) is 1.84. The molecule has 0 N–H and O–H groups in total. The van der Waals surface area contributed by atoms with Gasteiger partial charge in [0.1, 0.15) is 5.75 Å². The van der Waals surface area contributed by atoms with Crippen LogP contribution >= 0.6 is 0 Å². The van der Waals surface area contributed by atoms with Crippen molar-refractivity contribution >= 4 is 5.97 Å². The Morgan fingerprint density at radius 1 is 1.39 bits per heavy atom. The average Bonchev–Trinajstić information content (AvgIpc) is 2.39. The lowest BCUT2D eigenvalue weighted by Crippen LogP contribution is -2.14. The van der Waals surface area contributed by atoms with E-state index >= 15 is 0 Å². The Labute approximate surface area is 108 Å². The summed E-state index contributed by atoms with van der Waals surface area (Å²) in [6, 6.07) is 1.87. The van der Waals surface area contributed by atoms with E-state index in [1.54, 1.807) is 12.4 Å². The number of ether oxygens (including phenoxy) is 2.